The van der Waals surface area contributed by atoms with Crippen LogP contribution in [0, 0.1) is 0 Å². The molecule has 0 atom stereocenters. The Morgan fingerprint density at radius 3 is 2.59 bits per heavy atom. The van der Waals surface area contributed by atoms with Crippen LogP contribution in [-0.2, 0) is 13.0 Å². The van der Waals surface area contributed by atoms with Crippen molar-refractivity contribution in [2.45, 2.75) is 26.4 Å². The van der Waals surface area contributed by atoms with Gasteiger partial charge in [-0.3, -0.25) is 0 Å². The zero-order valence-corrected chi connectivity index (χ0v) is 11.3. The number of benzene rings is 1. The topological polar surface area (TPSA) is 38.1 Å². The molecule has 2 aromatic rings. The van der Waals surface area contributed by atoms with Gasteiger partial charge in [-0.25, -0.2) is 4.68 Å². The van der Waals surface area contributed by atoms with Crippen LogP contribution in [0.3, 0.4) is 0 Å². The minimum absolute atomic E-state index is 0.0475. The molecule has 1 N–H and O–H groups in total. The summed E-state index contributed by atoms with van der Waals surface area (Å²) in [5.74, 6) is 0. The number of nitrogens with zero attached hydrogens (tertiary/aromatic N) is 2. The summed E-state index contributed by atoms with van der Waals surface area (Å²) in [6.45, 7) is 2.17. The van der Waals surface area contributed by atoms with Crippen LogP contribution in [0.2, 0.25) is 0 Å². The highest BCUT2D eigenvalue weighted by molar-refractivity contribution is 9.10. The lowest BCUT2D eigenvalue weighted by atomic mass is 10.1. The molecule has 0 spiro atoms. The van der Waals surface area contributed by atoms with Gasteiger partial charge in [0, 0.05) is 15.7 Å². The monoisotopic (exact) mass is 294 g/mol. The molecule has 0 fully saturated rings. The van der Waals surface area contributed by atoms with Crippen molar-refractivity contribution < 1.29 is 5.11 Å². The van der Waals surface area contributed by atoms with E-state index in [9.17, 15) is 5.11 Å². The third-order valence-corrected chi connectivity index (χ3v) is 3.21. The second-order valence-corrected chi connectivity index (χ2v) is 4.83. The summed E-state index contributed by atoms with van der Waals surface area (Å²) in [7, 11) is 0. The highest BCUT2D eigenvalue weighted by Crippen LogP contribution is 2.19. The molecule has 3 nitrogen and oxygen atoms in total. The molecule has 1 heterocycles. The third-order valence-electron chi connectivity index (χ3n) is 2.68. The summed E-state index contributed by atoms with van der Waals surface area (Å²) in [6.07, 6.45) is 3.70. The van der Waals surface area contributed by atoms with Gasteiger partial charge in [-0.15, -0.1) is 0 Å². The Hall–Kier alpha value is -1.13. The molecule has 0 amide bonds. The van der Waals surface area contributed by atoms with Crippen LogP contribution in [-0.4, -0.2) is 14.9 Å². The summed E-state index contributed by atoms with van der Waals surface area (Å²) in [4.78, 5) is 0. The average molecular weight is 295 g/mol. The number of aliphatic hydroxyl groups excluding tert-OH is 1. The smallest absolute Gasteiger partial charge is 0.0715 e. The van der Waals surface area contributed by atoms with Gasteiger partial charge in [-0.05, 0) is 30.7 Å². The molecule has 17 heavy (non-hydrogen) atoms. The lowest BCUT2D eigenvalue weighted by Gasteiger charge is -2.08. The Bertz CT molecular complexity index is 491. The molecule has 0 unspecified atom stereocenters. The Morgan fingerprint density at radius 2 is 2.00 bits per heavy atom. The summed E-state index contributed by atoms with van der Waals surface area (Å²) >= 11 is 3.42. The Kier molecular flexibility index (Phi) is 3.97. The first kappa shape index (κ1) is 12.3. The number of aliphatic hydroxyl groups is 1. The maximum Gasteiger partial charge on any atom is 0.0715 e. The number of hydrogen-bond acceptors (Lipinski definition) is 2. The minimum Gasteiger partial charge on any atom is -0.392 e. The van der Waals surface area contributed by atoms with E-state index in [0.29, 0.717) is 0 Å². The lowest BCUT2D eigenvalue weighted by Crippen LogP contribution is -2.03. The molecule has 2 rings (SSSR count). The molecule has 0 aliphatic heterocycles. The van der Waals surface area contributed by atoms with Crippen LogP contribution >= 0.6 is 15.9 Å². The third kappa shape index (κ3) is 2.58. The summed E-state index contributed by atoms with van der Waals surface area (Å²) in [5, 5.41) is 13.6. The summed E-state index contributed by atoms with van der Waals surface area (Å²) < 4.78 is 2.95. The average Bonchev–Trinajstić information content (AvgIpc) is 2.74. The zero-order valence-electron chi connectivity index (χ0n) is 9.73. The van der Waals surface area contributed by atoms with Gasteiger partial charge >= 0.3 is 0 Å². The van der Waals surface area contributed by atoms with Crippen LogP contribution in [0.1, 0.15) is 24.6 Å². The van der Waals surface area contributed by atoms with Gasteiger partial charge in [-0.1, -0.05) is 29.3 Å². The van der Waals surface area contributed by atoms with Crippen molar-refractivity contribution in [3.63, 3.8) is 0 Å². The molecular formula is C13H15BrN2O. The van der Waals surface area contributed by atoms with E-state index in [-0.39, 0.29) is 6.61 Å². The van der Waals surface area contributed by atoms with Crippen LogP contribution < -0.4 is 0 Å². The maximum atomic E-state index is 9.29. The molecule has 4 heteroatoms. The molecular weight excluding hydrogens is 280 g/mol. The van der Waals surface area contributed by atoms with E-state index in [2.05, 4.69) is 28.0 Å². The first-order valence-electron chi connectivity index (χ1n) is 5.68. The first-order chi connectivity index (χ1) is 8.26. The molecule has 0 saturated heterocycles. The molecule has 1 aromatic heterocycles. The van der Waals surface area contributed by atoms with Crippen molar-refractivity contribution in [3.05, 3.63) is 46.2 Å². The fraction of sp³-hybridized carbons (Fsp3) is 0.308. The van der Waals surface area contributed by atoms with Gasteiger partial charge in [0.05, 0.1) is 18.5 Å². The fourth-order valence-electron chi connectivity index (χ4n) is 1.85. The van der Waals surface area contributed by atoms with Gasteiger partial charge in [-0.2, -0.15) is 5.10 Å². The SMILES string of the molecule is CCCc1c(CO)cnn1-c1ccc(Br)cc1. The van der Waals surface area contributed by atoms with E-state index in [1.807, 2.05) is 28.9 Å². The number of halogens is 1. The van der Waals surface area contributed by atoms with Crippen LogP contribution in [0.15, 0.2) is 34.9 Å². The largest absolute Gasteiger partial charge is 0.392 e. The first-order valence-corrected chi connectivity index (χ1v) is 6.48. The molecule has 0 saturated carbocycles. The van der Waals surface area contributed by atoms with Gasteiger partial charge in [0.25, 0.3) is 0 Å². The molecule has 90 valence electrons. The molecule has 0 aliphatic rings. The van der Waals surface area contributed by atoms with E-state index in [1.165, 1.54) is 0 Å². The van der Waals surface area contributed by atoms with Gasteiger partial charge in [0.1, 0.15) is 0 Å². The Labute approximate surface area is 109 Å². The van der Waals surface area contributed by atoms with Gasteiger partial charge < -0.3 is 5.11 Å². The summed E-state index contributed by atoms with van der Waals surface area (Å²) in [5.41, 5.74) is 3.03. The highest BCUT2D eigenvalue weighted by atomic mass is 79.9. The predicted molar refractivity (Wildman–Crippen MR) is 71.2 cm³/mol. The van der Waals surface area contributed by atoms with Crippen molar-refractivity contribution in [1.29, 1.82) is 0 Å². The molecule has 0 aliphatic carbocycles. The molecule has 0 radical (unpaired) electrons. The predicted octanol–water partition coefficient (Wildman–Crippen LogP) is 3.08. The van der Waals surface area contributed by atoms with Crippen LogP contribution in [0.4, 0.5) is 0 Å². The highest BCUT2D eigenvalue weighted by Gasteiger charge is 2.10. The van der Waals surface area contributed by atoms with E-state index < -0.39 is 0 Å². The van der Waals surface area contributed by atoms with E-state index in [1.54, 1.807) is 6.20 Å². The van der Waals surface area contributed by atoms with Crippen molar-refractivity contribution in [1.82, 2.24) is 9.78 Å². The normalized spacial score (nSPS) is 10.8. The van der Waals surface area contributed by atoms with E-state index >= 15 is 0 Å². The maximum absolute atomic E-state index is 9.29. The number of aromatic nitrogens is 2. The zero-order chi connectivity index (χ0) is 12.3. The summed E-state index contributed by atoms with van der Waals surface area (Å²) in [6, 6.07) is 8.01. The van der Waals surface area contributed by atoms with E-state index in [4.69, 9.17) is 0 Å². The molecule has 0 bridgehead atoms. The second kappa shape index (κ2) is 5.47. The van der Waals surface area contributed by atoms with Crippen molar-refractivity contribution in [3.8, 4) is 5.69 Å². The molecule has 1 aromatic carbocycles. The van der Waals surface area contributed by atoms with Crippen molar-refractivity contribution in [2.24, 2.45) is 0 Å². The van der Waals surface area contributed by atoms with Gasteiger partial charge in [0.2, 0.25) is 0 Å². The van der Waals surface area contributed by atoms with Crippen molar-refractivity contribution in [2.75, 3.05) is 0 Å². The lowest BCUT2D eigenvalue weighted by molar-refractivity contribution is 0.280. The minimum atomic E-state index is 0.0475. The Balaban J connectivity index is 2.43. The van der Waals surface area contributed by atoms with Crippen LogP contribution in [0.25, 0.3) is 5.69 Å². The van der Waals surface area contributed by atoms with Gasteiger partial charge in [0.15, 0.2) is 0 Å². The number of rotatable bonds is 4. The number of hydrogen-bond donors (Lipinski definition) is 1. The standard InChI is InChI=1S/C13H15BrN2O/c1-2-3-13-10(9-17)8-15-16(13)12-6-4-11(14)5-7-12/h4-8,17H,2-3,9H2,1H3. The van der Waals surface area contributed by atoms with Crippen LogP contribution in [0.5, 0.6) is 0 Å². The van der Waals surface area contributed by atoms with Crippen molar-refractivity contribution >= 4 is 15.9 Å². The quantitative estimate of drug-likeness (QED) is 0.941. The van der Waals surface area contributed by atoms with E-state index in [0.717, 1.165) is 34.3 Å². The fourth-order valence-corrected chi connectivity index (χ4v) is 2.11. The Morgan fingerprint density at radius 1 is 1.29 bits per heavy atom. The second-order valence-electron chi connectivity index (χ2n) is 3.91.